The molecule has 0 unspecified atom stereocenters. The van der Waals surface area contributed by atoms with Crippen molar-refractivity contribution in [3.8, 4) is 0 Å². The van der Waals surface area contributed by atoms with Crippen LogP contribution in [0.1, 0.15) is 26.3 Å². The summed E-state index contributed by atoms with van der Waals surface area (Å²) in [5.41, 5.74) is 2.68. The Balaban J connectivity index is 2.05. The molecular weight excluding hydrogens is 320 g/mol. The molecule has 0 atom stereocenters. The highest BCUT2D eigenvalue weighted by Gasteiger charge is 2.31. The standard InChI is InChI=1S/C15H17BrN2O2/c1-15(2,3)20-14(19)18-7-5-9-8-11(16)12-10(13(9)18)4-6-17-12/h4,6,8,17H,5,7H2,1-3H3. The Morgan fingerprint density at radius 3 is 2.90 bits per heavy atom. The number of benzene rings is 1. The highest BCUT2D eigenvalue weighted by atomic mass is 79.9. The Kier molecular flexibility index (Phi) is 3.05. The number of nitrogens with zero attached hydrogens (tertiary/aromatic N) is 1. The molecule has 2 aromatic rings. The summed E-state index contributed by atoms with van der Waals surface area (Å²) in [5, 5.41) is 1.05. The second-order valence-corrected chi connectivity index (χ2v) is 6.87. The van der Waals surface area contributed by atoms with Gasteiger partial charge in [-0.25, -0.2) is 4.79 Å². The van der Waals surface area contributed by atoms with Crippen LogP contribution in [0.4, 0.5) is 10.5 Å². The number of fused-ring (bicyclic) bond motifs is 3. The number of nitrogens with one attached hydrogen (secondary N) is 1. The van der Waals surface area contributed by atoms with Gasteiger partial charge in [0.1, 0.15) is 5.60 Å². The molecule has 1 aromatic heterocycles. The molecule has 0 aliphatic carbocycles. The fourth-order valence-electron chi connectivity index (χ4n) is 2.58. The molecule has 4 nitrogen and oxygen atoms in total. The van der Waals surface area contributed by atoms with Gasteiger partial charge >= 0.3 is 6.09 Å². The van der Waals surface area contributed by atoms with E-state index in [1.165, 1.54) is 5.56 Å². The van der Waals surface area contributed by atoms with Crippen molar-refractivity contribution in [2.24, 2.45) is 0 Å². The second-order valence-electron chi connectivity index (χ2n) is 6.01. The lowest BCUT2D eigenvalue weighted by Gasteiger charge is -2.25. The van der Waals surface area contributed by atoms with Crippen molar-refractivity contribution >= 4 is 38.6 Å². The summed E-state index contributed by atoms with van der Waals surface area (Å²) in [4.78, 5) is 17.3. The van der Waals surface area contributed by atoms with Gasteiger partial charge in [0, 0.05) is 22.6 Å². The maximum absolute atomic E-state index is 12.4. The average molecular weight is 337 g/mol. The number of carbonyl (C=O) groups is 1. The molecule has 1 N–H and O–H groups in total. The molecular formula is C15H17BrN2O2. The summed E-state index contributed by atoms with van der Waals surface area (Å²) in [5.74, 6) is 0. The number of hydrogen-bond acceptors (Lipinski definition) is 2. The van der Waals surface area contributed by atoms with Crippen LogP contribution < -0.4 is 4.90 Å². The van der Waals surface area contributed by atoms with E-state index >= 15 is 0 Å². The van der Waals surface area contributed by atoms with E-state index in [9.17, 15) is 4.79 Å². The van der Waals surface area contributed by atoms with Gasteiger partial charge in [0.15, 0.2) is 0 Å². The Bertz CT molecular complexity index is 685. The zero-order valence-electron chi connectivity index (χ0n) is 11.8. The first kappa shape index (κ1) is 13.5. The van der Waals surface area contributed by atoms with Crippen LogP contribution in [-0.4, -0.2) is 23.2 Å². The quantitative estimate of drug-likeness (QED) is 0.782. The maximum atomic E-state index is 12.4. The van der Waals surface area contributed by atoms with Gasteiger partial charge in [0.25, 0.3) is 0 Å². The van der Waals surface area contributed by atoms with Gasteiger partial charge in [-0.2, -0.15) is 0 Å². The molecule has 1 amide bonds. The molecule has 5 heteroatoms. The van der Waals surface area contributed by atoms with E-state index in [4.69, 9.17) is 4.74 Å². The molecule has 1 aromatic carbocycles. The third-order valence-corrected chi connectivity index (χ3v) is 3.96. The zero-order valence-corrected chi connectivity index (χ0v) is 13.4. The van der Waals surface area contributed by atoms with Gasteiger partial charge in [-0.1, -0.05) is 0 Å². The van der Waals surface area contributed by atoms with E-state index in [0.717, 1.165) is 27.5 Å². The van der Waals surface area contributed by atoms with Crippen molar-refractivity contribution in [1.82, 2.24) is 4.98 Å². The van der Waals surface area contributed by atoms with Crippen LogP contribution in [0.5, 0.6) is 0 Å². The summed E-state index contributed by atoms with van der Waals surface area (Å²) >= 11 is 3.57. The van der Waals surface area contributed by atoms with Crippen molar-refractivity contribution in [3.63, 3.8) is 0 Å². The molecule has 0 saturated carbocycles. The Morgan fingerprint density at radius 1 is 1.45 bits per heavy atom. The van der Waals surface area contributed by atoms with E-state index in [1.54, 1.807) is 4.90 Å². The Labute approximate surface area is 126 Å². The number of anilines is 1. The molecule has 20 heavy (non-hydrogen) atoms. The van der Waals surface area contributed by atoms with Crippen LogP contribution in [0.25, 0.3) is 10.9 Å². The molecule has 106 valence electrons. The van der Waals surface area contributed by atoms with Gasteiger partial charge in [0.2, 0.25) is 0 Å². The second kappa shape index (κ2) is 4.52. The van der Waals surface area contributed by atoms with Gasteiger partial charge in [-0.15, -0.1) is 0 Å². The van der Waals surface area contributed by atoms with Gasteiger partial charge in [0.05, 0.1) is 11.2 Å². The van der Waals surface area contributed by atoms with Crippen LogP contribution in [0, 0.1) is 0 Å². The smallest absolute Gasteiger partial charge is 0.414 e. The van der Waals surface area contributed by atoms with Crippen LogP contribution in [-0.2, 0) is 11.2 Å². The predicted octanol–water partition coefficient (Wildman–Crippen LogP) is 4.23. The van der Waals surface area contributed by atoms with E-state index in [0.29, 0.717) is 6.54 Å². The molecule has 0 saturated heterocycles. The normalized spacial score (nSPS) is 14.7. The highest BCUT2D eigenvalue weighted by molar-refractivity contribution is 9.10. The van der Waals surface area contributed by atoms with Gasteiger partial charge in [-0.3, -0.25) is 4.90 Å². The summed E-state index contributed by atoms with van der Waals surface area (Å²) in [6.45, 7) is 6.32. The number of halogens is 1. The molecule has 2 heterocycles. The number of hydrogen-bond donors (Lipinski definition) is 1. The lowest BCUT2D eigenvalue weighted by atomic mass is 10.1. The number of amides is 1. The highest BCUT2D eigenvalue weighted by Crippen LogP contribution is 2.39. The first-order valence-electron chi connectivity index (χ1n) is 6.66. The van der Waals surface area contributed by atoms with Gasteiger partial charge < -0.3 is 9.72 Å². The van der Waals surface area contributed by atoms with Crippen LogP contribution in [0.3, 0.4) is 0 Å². The van der Waals surface area contributed by atoms with E-state index < -0.39 is 5.60 Å². The number of ether oxygens (including phenoxy) is 1. The monoisotopic (exact) mass is 336 g/mol. The van der Waals surface area contributed by atoms with Crippen molar-refractivity contribution in [1.29, 1.82) is 0 Å². The summed E-state index contributed by atoms with van der Waals surface area (Å²) in [6.07, 6.45) is 2.47. The minimum absolute atomic E-state index is 0.277. The summed E-state index contributed by atoms with van der Waals surface area (Å²) in [7, 11) is 0. The van der Waals surface area contributed by atoms with Crippen LogP contribution in [0.15, 0.2) is 22.8 Å². The molecule has 0 spiro atoms. The van der Waals surface area contributed by atoms with Gasteiger partial charge in [-0.05, 0) is 60.8 Å². The third-order valence-electron chi connectivity index (χ3n) is 3.33. The fraction of sp³-hybridized carbons (Fsp3) is 0.400. The Hall–Kier alpha value is -1.49. The minimum atomic E-state index is -0.480. The number of H-pyrrole nitrogens is 1. The van der Waals surface area contributed by atoms with E-state index in [1.807, 2.05) is 33.0 Å². The molecule has 0 bridgehead atoms. The zero-order chi connectivity index (χ0) is 14.5. The largest absolute Gasteiger partial charge is 0.443 e. The fourth-order valence-corrected chi connectivity index (χ4v) is 3.19. The number of aromatic nitrogens is 1. The third kappa shape index (κ3) is 2.20. The molecule has 3 rings (SSSR count). The van der Waals surface area contributed by atoms with Crippen molar-refractivity contribution in [3.05, 3.63) is 28.4 Å². The Morgan fingerprint density at radius 2 is 2.20 bits per heavy atom. The number of carbonyl (C=O) groups excluding carboxylic acids is 1. The lowest BCUT2D eigenvalue weighted by molar-refractivity contribution is 0.0584. The molecule has 1 aliphatic rings. The topological polar surface area (TPSA) is 45.3 Å². The summed E-state index contributed by atoms with van der Waals surface area (Å²) in [6, 6.07) is 4.08. The first-order valence-corrected chi connectivity index (χ1v) is 7.45. The number of rotatable bonds is 0. The van der Waals surface area contributed by atoms with Crippen molar-refractivity contribution in [2.45, 2.75) is 32.8 Å². The van der Waals surface area contributed by atoms with E-state index in [2.05, 4.69) is 27.0 Å². The first-order chi connectivity index (χ1) is 9.37. The summed E-state index contributed by atoms with van der Waals surface area (Å²) < 4.78 is 6.53. The average Bonchev–Trinajstić information content (AvgIpc) is 2.90. The molecule has 1 aliphatic heterocycles. The van der Waals surface area contributed by atoms with Crippen molar-refractivity contribution < 1.29 is 9.53 Å². The predicted molar refractivity (Wildman–Crippen MR) is 83.3 cm³/mol. The minimum Gasteiger partial charge on any atom is -0.443 e. The maximum Gasteiger partial charge on any atom is 0.414 e. The molecule has 0 fully saturated rings. The van der Waals surface area contributed by atoms with E-state index in [-0.39, 0.29) is 6.09 Å². The lowest BCUT2D eigenvalue weighted by Crippen LogP contribution is -2.35. The van der Waals surface area contributed by atoms with Crippen LogP contribution in [0.2, 0.25) is 0 Å². The SMILES string of the molecule is CC(C)(C)OC(=O)N1CCc2cc(Br)c3[nH]ccc3c21. The molecule has 0 radical (unpaired) electrons. The van der Waals surface area contributed by atoms with Crippen LogP contribution >= 0.6 is 15.9 Å². The number of aromatic amines is 1. The van der Waals surface area contributed by atoms with Crippen molar-refractivity contribution in [2.75, 3.05) is 11.4 Å².